The third-order valence-corrected chi connectivity index (χ3v) is 7.08. The van der Waals surface area contributed by atoms with E-state index in [9.17, 15) is 9.59 Å². The molecule has 228 valence electrons. The molecule has 1 aliphatic heterocycles. The highest BCUT2D eigenvalue weighted by atomic mass is 16.6. The fourth-order valence-corrected chi connectivity index (χ4v) is 5.03. The lowest BCUT2D eigenvalue weighted by molar-refractivity contribution is -0.143. The molecule has 11 heteroatoms. The van der Waals surface area contributed by atoms with Gasteiger partial charge in [0.05, 0.1) is 13.0 Å². The zero-order valence-corrected chi connectivity index (χ0v) is 25.5. The number of carbonyl (C=O) groups is 2. The van der Waals surface area contributed by atoms with Crippen LogP contribution < -0.4 is 4.90 Å². The predicted molar refractivity (Wildman–Crippen MR) is 161 cm³/mol. The number of fused-ring (bicyclic) bond motifs is 1. The van der Waals surface area contributed by atoms with Gasteiger partial charge in [0.1, 0.15) is 17.2 Å². The number of amides is 1. The van der Waals surface area contributed by atoms with E-state index in [4.69, 9.17) is 20.0 Å². The summed E-state index contributed by atoms with van der Waals surface area (Å²) in [4.78, 5) is 43.3. The number of rotatable bonds is 15. The first kappa shape index (κ1) is 32.8. The molecule has 1 aliphatic rings. The maximum absolute atomic E-state index is 12.8. The summed E-state index contributed by atoms with van der Waals surface area (Å²) in [5.74, 6) is 1.23. The fraction of sp³-hybridized carbons (Fsp3) is 0.645. The van der Waals surface area contributed by atoms with Gasteiger partial charge in [0.2, 0.25) is 0 Å². The highest BCUT2D eigenvalue weighted by Gasteiger charge is 2.28. The van der Waals surface area contributed by atoms with Crippen LogP contribution in [0.4, 0.5) is 10.6 Å². The number of hydrogen-bond donors (Lipinski definition) is 0. The quantitative estimate of drug-likeness (QED) is 0.0724. The van der Waals surface area contributed by atoms with E-state index in [1.165, 1.54) is 0 Å². The Labute approximate surface area is 249 Å². The molecule has 2 aromatic rings. The maximum Gasteiger partial charge on any atom is 0.416 e. The standard InChI is InChI=1S/C31H45N7O4/c1-5-41-28(39)20-24(25-21-33-27(34-22-25)15-10-18-35-37-32)12-8-6-7-9-14-26-17-16-23-13-11-19-38(29(23)36-26)30(40)42-31(2,3)4/h16-17,21-22,24H,5-15,18-20H2,1-4H3/t24-/m0/s1. The average molecular weight is 580 g/mol. The first-order valence-corrected chi connectivity index (χ1v) is 15.2. The number of azide groups is 1. The number of aromatic nitrogens is 3. The molecule has 0 saturated heterocycles. The summed E-state index contributed by atoms with van der Waals surface area (Å²) in [5, 5.41) is 3.54. The molecule has 3 heterocycles. The number of pyridine rings is 1. The Morgan fingerprint density at radius 1 is 1.10 bits per heavy atom. The van der Waals surface area contributed by atoms with Crippen molar-refractivity contribution in [3.63, 3.8) is 0 Å². The van der Waals surface area contributed by atoms with Crippen LogP contribution >= 0.6 is 0 Å². The molecule has 0 aliphatic carbocycles. The summed E-state index contributed by atoms with van der Waals surface area (Å²) < 4.78 is 10.8. The van der Waals surface area contributed by atoms with Gasteiger partial charge in [0.25, 0.3) is 0 Å². The third kappa shape index (κ3) is 10.9. The molecular weight excluding hydrogens is 534 g/mol. The number of carbonyl (C=O) groups excluding carboxylic acids is 2. The van der Waals surface area contributed by atoms with Crippen molar-refractivity contribution >= 4 is 17.9 Å². The van der Waals surface area contributed by atoms with Gasteiger partial charge in [0, 0.05) is 42.5 Å². The highest BCUT2D eigenvalue weighted by molar-refractivity contribution is 5.88. The van der Waals surface area contributed by atoms with Crippen molar-refractivity contribution in [2.75, 3.05) is 24.6 Å². The molecule has 0 unspecified atom stereocenters. The summed E-state index contributed by atoms with van der Waals surface area (Å²) >= 11 is 0. The molecule has 2 aromatic heterocycles. The van der Waals surface area contributed by atoms with Crippen LogP contribution in [0.3, 0.4) is 0 Å². The van der Waals surface area contributed by atoms with Gasteiger partial charge in [-0.15, -0.1) is 0 Å². The van der Waals surface area contributed by atoms with Gasteiger partial charge >= 0.3 is 12.1 Å². The number of nitrogens with zero attached hydrogens (tertiary/aromatic N) is 7. The van der Waals surface area contributed by atoms with Crippen LogP contribution in [0.2, 0.25) is 0 Å². The number of esters is 1. The van der Waals surface area contributed by atoms with E-state index < -0.39 is 5.60 Å². The number of hydrogen-bond acceptors (Lipinski definition) is 8. The van der Waals surface area contributed by atoms with E-state index in [1.54, 1.807) is 4.90 Å². The molecule has 42 heavy (non-hydrogen) atoms. The van der Waals surface area contributed by atoms with E-state index >= 15 is 0 Å². The first-order chi connectivity index (χ1) is 20.2. The Kier molecular flexibility index (Phi) is 13.0. The topological polar surface area (TPSA) is 143 Å². The number of aryl methyl sites for hydroxylation is 3. The molecule has 0 radical (unpaired) electrons. The lowest BCUT2D eigenvalue weighted by Gasteiger charge is -2.31. The molecule has 0 aromatic carbocycles. The molecule has 0 fully saturated rings. The zero-order chi connectivity index (χ0) is 30.4. The minimum atomic E-state index is -0.549. The van der Waals surface area contributed by atoms with Gasteiger partial charge in [-0.1, -0.05) is 30.4 Å². The van der Waals surface area contributed by atoms with E-state index in [0.717, 1.165) is 74.0 Å². The van der Waals surface area contributed by atoms with Crippen molar-refractivity contribution in [2.24, 2.45) is 5.11 Å². The number of anilines is 1. The summed E-state index contributed by atoms with van der Waals surface area (Å²) in [7, 11) is 0. The van der Waals surface area contributed by atoms with Gasteiger partial charge in [-0.05, 0) is 94.9 Å². The van der Waals surface area contributed by atoms with E-state index in [-0.39, 0.29) is 18.0 Å². The van der Waals surface area contributed by atoms with Crippen molar-refractivity contribution in [3.05, 3.63) is 57.6 Å². The molecular formula is C31H45N7O4. The summed E-state index contributed by atoms with van der Waals surface area (Å²) in [6.45, 7) is 8.84. The minimum absolute atomic E-state index is 0.00226. The van der Waals surface area contributed by atoms with Crippen LogP contribution in [-0.2, 0) is 33.5 Å². The summed E-state index contributed by atoms with van der Waals surface area (Å²) in [6, 6.07) is 4.18. The predicted octanol–water partition coefficient (Wildman–Crippen LogP) is 7.03. The van der Waals surface area contributed by atoms with Crippen molar-refractivity contribution < 1.29 is 19.1 Å². The smallest absolute Gasteiger partial charge is 0.416 e. The van der Waals surface area contributed by atoms with E-state index in [2.05, 4.69) is 32.1 Å². The van der Waals surface area contributed by atoms with Crippen LogP contribution in [-0.4, -0.2) is 52.3 Å². The van der Waals surface area contributed by atoms with Gasteiger partial charge in [-0.3, -0.25) is 9.69 Å². The Balaban J connectivity index is 1.50. The second kappa shape index (κ2) is 16.7. The molecule has 1 atom stereocenters. The second-order valence-corrected chi connectivity index (χ2v) is 11.7. The summed E-state index contributed by atoms with van der Waals surface area (Å²) in [6.07, 6.45) is 12.5. The van der Waals surface area contributed by atoms with Crippen molar-refractivity contribution in [1.82, 2.24) is 15.0 Å². The Morgan fingerprint density at radius 2 is 1.86 bits per heavy atom. The number of unbranched alkanes of at least 4 members (excludes halogenated alkanes) is 3. The van der Waals surface area contributed by atoms with Gasteiger partial charge in [0.15, 0.2) is 0 Å². The van der Waals surface area contributed by atoms with Crippen LogP contribution in [0, 0.1) is 0 Å². The van der Waals surface area contributed by atoms with Crippen molar-refractivity contribution in [2.45, 2.75) is 110 Å². The Hall–Kier alpha value is -3.72. The van der Waals surface area contributed by atoms with Gasteiger partial charge in [-0.25, -0.2) is 19.7 Å². The fourth-order valence-electron chi connectivity index (χ4n) is 5.03. The maximum atomic E-state index is 12.8. The van der Waals surface area contributed by atoms with Crippen LogP contribution in [0.25, 0.3) is 10.4 Å². The van der Waals surface area contributed by atoms with Gasteiger partial charge in [-0.2, -0.15) is 0 Å². The minimum Gasteiger partial charge on any atom is -0.466 e. The largest absolute Gasteiger partial charge is 0.466 e. The second-order valence-electron chi connectivity index (χ2n) is 11.7. The molecule has 0 N–H and O–H groups in total. The normalized spacial score (nSPS) is 13.6. The number of ether oxygens (including phenoxy) is 2. The van der Waals surface area contributed by atoms with Crippen LogP contribution in [0.5, 0.6) is 0 Å². The molecule has 0 saturated carbocycles. The van der Waals surface area contributed by atoms with E-state index in [0.29, 0.717) is 44.8 Å². The van der Waals surface area contributed by atoms with Crippen LogP contribution in [0.1, 0.15) is 108 Å². The zero-order valence-electron chi connectivity index (χ0n) is 25.5. The molecule has 3 rings (SSSR count). The molecule has 1 amide bonds. The van der Waals surface area contributed by atoms with Crippen LogP contribution in [0.15, 0.2) is 29.6 Å². The SMILES string of the molecule is CCOC(=O)C[C@H](CCCCCCc1ccc2c(n1)N(C(=O)OC(C)(C)C)CCC2)c1cnc(CCCN=[N+]=[N-])nc1. The lowest BCUT2D eigenvalue weighted by Crippen LogP contribution is -2.40. The molecule has 11 nitrogen and oxygen atoms in total. The Bertz CT molecular complexity index is 1210. The first-order valence-electron chi connectivity index (χ1n) is 15.2. The summed E-state index contributed by atoms with van der Waals surface area (Å²) in [5.41, 5.74) is 10.9. The highest BCUT2D eigenvalue weighted by Crippen LogP contribution is 2.28. The Morgan fingerprint density at radius 3 is 2.57 bits per heavy atom. The van der Waals surface area contributed by atoms with Crippen molar-refractivity contribution in [3.8, 4) is 0 Å². The lowest BCUT2D eigenvalue weighted by atomic mass is 9.92. The van der Waals surface area contributed by atoms with E-state index in [1.807, 2.05) is 40.1 Å². The van der Waals surface area contributed by atoms with Gasteiger partial charge < -0.3 is 9.47 Å². The average Bonchev–Trinajstić information content (AvgIpc) is 2.95. The molecule has 0 bridgehead atoms. The van der Waals surface area contributed by atoms with Crippen molar-refractivity contribution in [1.29, 1.82) is 0 Å². The molecule has 0 spiro atoms. The monoisotopic (exact) mass is 579 g/mol. The third-order valence-electron chi connectivity index (χ3n) is 7.08.